The molecule has 1 unspecified atom stereocenters. The summed E-state index contributed by atoms with van der Waals surface area (Å²) in [5.41, 5.74) is 1.25. The van der Waals surface area contributed by atoms with Crippen LogP contribution in [-0.4, -0.2) is 11.3 Å². The van der Waals surface area contributed by atoms with Gasteiger partial charge in [0.2, 0.25) is 0 Å². The van der Waals surface area contributed by atoms with Gasteiger partial charge in [-0.05, 0) is 54.0 Å². The number of hydrogen-bond acceptors (Lipinski definition) is 2. The smallest absolute Gasteiger partial charge is 0.262 e. The van der Waals surface area contributed by atoms with Gasteiger partial charge in [0.15, 0.2) is 6.10 Å². The molecule has 2 nitrogen and oxygen atoms in total. The summed E-state index contributed by atoms with van der Waals surface area (Å²) in [5.74, 6) is 0.535. The second kappa shape index (κ2) is 11.9. The van der Waals surface area contributed by atoms with Crippen LogP contribution in [0.1, 0.15) is 91.0 Å². The third kappa shape index (κ3) is 7.88. The third-order valence-corrected chi connectivity index (χ3v) is 5.47. The average Bonchev–Trinajstić information content (AvgIpc) is 2.57. The van der Waals surface area contributed by atoms with Gasteiger partial charge >= 0.3 is 0 Å². The number of rotatable bonds is 13. The molecule has 4 heteroatoms. The Balaban J connectivity index is 2.67. The molecule has 0 aliphatic heterocycles. The lowest BCUT2D eigenvalue weighted by Gasteiger charge is -2.25. The molecular formula is C22H34Cl2O2. The number of ether oxygens (including phenoxy) is 1. The molecule has 26 heavy (non-hydrogen) atoms. The molecule has 0 amide bonds. The summed E-state index contributed by atoms with van der Waals surface area (Å²) in [5, 5.41) is 0.0857. The van der Waals surface area contributed by atoms with Crippen LogP contribution < -0.4 is 4.74 Å². The fourth-order valence-electron chi connectivity index (χ4n) is 3.27. The van der Waals surface area contributed by atoms with Crippen LogP contribution in [-0.2, 0) is 10.2 Å². The molecule has 0 radical (unpaired) electrons. The van der Waals surface area contributed by atoms with Crippen molar-refractivity contribution < 1.29 is 9.53 Å². The highest BCUT2D eigenvalue weighted by Crippen LogP contribution is 2.34. The molecule has 0 saturated heterocycles. The van der Waals surface area contributed by atoms with E-state index >= 15 is 0 Å². The van der Waals surface area contributed by atoms with Gasteiger partial charge in [-0.1, -0.05) is 83.9 Å². The van der Waals surface area contributed by atoms with Crippen LogP contribution >= 0.6 is 23.2 Å². The van der Waals surface area contributed by atoms with Gasteiger partial charge in [0, 0.05) is 0 Å². The van der Waals surface area contributed by atoms with Gasteiger partial charge in [0.1, 0.15) is 5.75 Å². The quantitative estimate of drug-likeness (QED) is 0.250. The first-order chi connectivity index (χ1) is 12.3. The van der Waals surface area contributed by atoms with Crippen molar-refractivity contribution >= 4 is 28.4 Å². The predicted octanol–water partition coefficient (Wildman–Crippen LogP) is 7.68. The van der Waals surface area contributed by atoms with E-state index in [0.29, 0.717) is 17.2 Å². The van der Waals surface area contributed by atoms with Crippen molar-refractivity contribution in [3.8, 4) is 5.75 Å². The number of benzene rings is 1. The Labute approximate surface area is 169 Å². The molecule has 0 saturated carbocycles. The summed E-state index contributed by atoms with van der Waals surface area (Å²) < 4.78 is 5.85. The zero-order valence-electron chi connectivity index (χ0n) is 16.7. The van der Waals surface area contributed by atoms with Gasteiger partial charge in [-0.2, -0.15) is 0 Å². The number of hydrogen-bond donors (Lipinski definition) is 0. The zero-order valence-corrected chi connectivity index (χ0v) is 18.3. The number of carbonyl (C=O) groups is 1. The molecule has 0 spiro atoms. The second-order valence-electron chi connectivity index (χ2n) is 7.75. The Hall–Kier alpha value is -0.730. The Kier molecular flexibility index (Phi) is 10.6. The summed E-state index contributed by atoms with van der Waals surface area (Å²) in [6.07, 6.45) is 9.18. The molecule has 0 aliphatic carbocycles. The van der Waals surface area contributed by atoms with Gasteiger partial charge in [0.25, 0.3) is 5.24 Å². The Morgan fingerprint density at radius 3 is 2.31 bits per heavy atom. The number of carbonyl (C=O) groups excluding carboxylic acids is 1. The molecule has 148 valence electrons. The normalized spacial score (nSPS) is 12.8. The second-order valence-corrected chi connectivity index (χ2v) is 8.53. The lowest BCUT2D eigenvalue weighted by Crippen LogP contribution is -2.24. The van der Waals surface area contributed by atoms with Gasteiger partial charge in [-0.25, -0.2) is 0 Å². The molecule has 1 atom stereocenters. The van der Waals surface area contributed by atoms with E-state index in [-0.39, 0.29) is 5.41 Å². The molecule has 0 aromatic heterocycles. The van der Waals surface area contributed by atoms with E-state index in [9.17, 15) is 4.79 Å². The first-order valence-electron chi connectivity index (χ1n) is 9.97. The van der Waals surface area contributed by atoms with E-state index in [2.05, 4.69) is 27.7 Å². The Morgan fingerprint density at radius 2 is 1.73 bits per heavy atom. The first kappa shape index (κ1) is 23.3. The fraction of sp³-hybridized carbons (Fsp3) is 0.682. The highest BCUT2D eigenvalue weighted by molar-refractivity contribution is 6.64. The molecule has 1 aromatic carbocycles. The lowest BCUT2D eigenvalue weighted by molar-refractivity contribution is -0.118. The van der Waals surface area contributed by atoms with E-state index < -0.39 is 11.3 Å². The molecule has 0 heterocycles. The van der Waals surface area contributed by atoms with Gasteiger partial charge in [-0.3, -0.25) is 4.79 Å². The van der Waals surface area contributed by atoms with Crippen molar-refractivity contribution in [2.24, 2.45) is 0 Å². The number of unbranched alkanes of at least 4 members (excludes halogenated alkanes) is 5. The van der Waals surface area contributed by atoms with Crippen molar-refractivity contribution in [1.29, 1.82) is 0 Å². The highest BCUT2D eigenvalue weighted by Gasteiger charge is 2.23. The monoisotopic (exact) mass is 400 g/mol. The van der Waals surface area contributed by atoms with E-state index in [1.807, 2.05) is 18.2 Å². The molecular weight excluding hydrogens is 367 g/mol. The topological polar surface area (TPSA) is 26.3 Å². The van der Waals surface area contributed by atoms with Crippen LogP contribution in [0, 0.1) is 0 Å². The minimum absolute atomic E-state index is 0.0666. The van der Waals surface area contributed by atoms with E-state index in [0.717, 1.165) is 25.7 Å². The highest BCUT2D eigenvalue weighted by atomic mass is 35.5. The fourth-order valence-corrected chi connectivity index (χ4v) is 3.65. The lowest BCUT2D eigenvalue weighted by atomic mass is 9.81. The van der Waals surface area contributed by atoms with Gasteiger partial charge in [0.05, 0.1) is 5.02 Å². The van der Waals surface area contributed by atoms with Crippen LogP contribution in [0.4, 0.5) is 0 Å². The molecule has 0 aliphatic rings. The van der Waals surface area contributed by atoms with Crippen molar-refractivity contribution in [3.63, 3.8) is 0 Å². The van der Waals surface area contributed by atoms with Crippen LogP contribution in [0.25, 0.3) is 0 Å². The van der Waals surface area contributed by atoms with E-state index in [1.54, 1.807) is 0 Å². The summed E-state index contributed by atoms with van der Waals surface area (Å²) in [6.45, 7) is 8.81. The average molecular weight is 401 g/mol. The van der Waals surface area contributed by atoms with Crippen LogP contribution in [0.2, 0.25) is 5.02 Å². The molecule has 0 N–H and O–H groups in total. The zero-order chi connectivity index (χ0) is 19.6. The van der Waals surface area contributed by atoms with Crippen molar-refractivity contribution in [2.75, 3.05) is 0 Å². The predicted molar refractivity (Wildman–Crippen MR) is 113 cm³/mol. The van der Waals surface area contributed by atoms with Gasteiger partial charge in [-0.15, -0.1) is 0 Å². The van der Waals surface area contributed by atoms with Gasteiger partial charge < -0.3 is 4.74 Å². The first-order valence-corrected chi connectivity index (χ1v) is 10.7. The van der Waals surface area contributed by atoms with Crippen LogP contribution in [0.5, 0.6) is 5.75 Å². The SMILES string of the molecule is CCCCCCCCC(Oc1ccc(C(C)(C)CCC)cc1Cl)C(=O)Cl. The third-order valence-electron chi connectivity index (χ3n) is 4.93. The van der Waals surface area contributed by atoms with E-state index in [1.165, 1.54) is 31.2 Å². The summed E-state index contributed by atoms with van der Waals surface area (Å²) in [7, 11) is 0. The minimum atomic E-state index is -0.630. The number of halogens is 2. The molecule has 0 fully saturated rings. The molecule has 1 aromatic rings. The van der Waals surface area contributed by atoms with Crippen molar-refractivity contribution in [1.82, 2.24) is 0 Å². The Morgan fingerprint density at radius 1 is 1.08 bits per heavy atom. The Bertz CT molecular complexity index is 555. The van der Waals surface area contributed by atoms with Crippen molar-refractivity contribution in [3.05, 3.63) is 28.8 Å². The van der Waals surface area contributed by atoms with E-state index in [4.69, 9.17) is 27.9 Å². The molecule has 1 rings (SSSR count). The summed E-state index contributed by atoms with van der Waals surface area (Å²) >= 11 is 12.2. The van der Waals surface area contributed by atoms with Crippen LogP contribution in [0.3, 0.4) is 0 Å². The standard InChI is InChI=1S/C22H34Cl2O2/c1-5-7-8-9-10-11-12-20(21(24)25)26-19-14-13-17(16-18(19)23)22(3,4)15-6-2/h13-14,16,20H,5-12,15H2,1-4H3. The summed E-state index contributed by atoms with van der Waals surface area (Å²) in [6, 6.07) is 5.85. The van der Waals surface area contributed by atoms with Crippen LogP contribution in [0.15, 0.2) is 18.2 Å². The largest absolute Gasteiger partial charge is 0.480 e. The van der Waals surface area contributed by atoms with Crippen molar-refractivity contribution in [2.45, 2.75) is 97.0 Å². The summed E-state index contributed by atoms with van der Waals surface area (Å²) in [4.78, 5) is 11.7. The minimum Gasteiger partial charge on any atom is -0.480 e. The maximum Gasteiger partial charge on any atom is 0.262 e. The molecule has 0 bridgehead atoms. The maximum atomic E-state index is 11.7. The maximum absolute atomic E-state index is 11.7.